The molecular formula is C18H23N3O3. The highest BCUT2D eigenvalue weighted by molar-refractivity contribution is 6.09. The van der Waals surface area contributed by atoms with E-state index >= 15 is 0 Å². The zero-order valence-corrected chi connectivity index (χ0v) is 14.3. The van der Waals surface area contributed by atoms with Crippen LogP contribution in [0.25, 0.3) is 0 Å². The molecule has 3 rings (SSSR count). The number of hydrogen-bond acceptors (Lipinski definition) is 3. The average molecular weight is 329 g/mol. The van der Waals surface area contributed by atoms with Gasteiger partial charge in [0.25, 0.3) is 5.91 Å². The molecule has 0 bridgehead atoms. The molecule has 2 N–H and O–H groups in total. The van der Waals surface area contributed by atoms with Crippen LogP contribution in [-0.4, -0.2) is 35.3 Å². The Kier molecular flexibility index (Phi) is 4.07. The summed E-state index contributed by atoms with van der Waals surface area (Å²) in [6.45, 7) is 5.34. The Morgan fingerprint density at radius 1 is 1.33 bits per heavy atom. The SMILES string of the molecule is Cc1ccc([C@]2(C)NC(=O)N(CC(=O)N[C@@H](C)C3CC3)C2=O)cc1. The van der Waals surface area contributed by atoms with Gasteiger partial charge in [-0.05, 0) is 45.1 Å². The van der Waals surface area contributed by atoms with Crippen LogP contribution in [0.4, 0.5) is 4.79 Å². The molecule has 24 heavy (non-hydrogen) atoms. The van der Waals surface area contributed by atoms with Crippen molar-refractivity contribution in [1.29, 1.82) is 0 Å². The summed E-state index contributed by atoms with van der Waals surface area (Å²) in [5.74, 6) is -0.175. The van der Waals surface area contributed by atoms with Gasteiger partial charge in [0.2, 0.25) is 5.91 Å². The van der Waals surface area contributed by atoms with Crippen LogP contribution >= 0.6 is 0 Å². The molecule has 6 heteroatoms. The number of carbonyl (C=O) groups excluding carboxylic acids is 3. The molecule has 6 nitrogen and oxygen atoms in total. The number of rotatable bonds is 5. The smallest absolute Gasteiger partial charge is 0.325 e. The van der Waals surface area contributed by atoms with Gasteiger partial charge in [-0.3, -0.25) is 14.5 Å². The number of amides is 4. The molecule has 1 saturated heterocycles. The lowest BCUT2D eigenvalue weighted by atomic mass is 9.91. The largest absolute Gasteiger partial charge is 0.352 e. The van der Waals surface area contributed by atoms with E-state index in [2.05, 4.69) is 10.6 Å². The second-order valence-electron chi connectivity index (χ2n) is 7.01. The van der Waals surface area contributed by atoms with Gasteiger partial charge in [0, 0.05) is 6.04 Å². The van der Waals surface area contributed by atoms with Gasteiger partial charge in [0.05, 0.1) is 0 Å². The van der Waals surface area contributed by atoms with E-state index in [0.717, 1.165) is 23.3 Å². The average Bonchev–Trinajstić information content (AvgIpc) is 3.34. The number of imide groups is 1. The third kappa shape index (κ3) is 3.00. The molecular weight excluding hydrogens is 306 g/mol. The first-order chi connectivity index (χ1) is 11.3. The molecule has 1 aromatic carbocycles. The van der Waals surface area contributed by atoms with Crippen LogP contribution in [0.3, 0.4) is 0 Å². The summed E-state index contributed by atoms with van der Waals surface area (Å²) >= 11 is 0. The first kappa shape index (κ1) is 16.5. The van der Waals surface area contributed by atoms with Crippen molar-refractivity contribution in [3.63, 3.8) is 0 Å². The van der Waals surface area contributed by atoms with E-state index < -0.39 is 17.5 Å². The quantitative estimate of drug-likeness (QED) is 0.807. The summed E-state index contributed by atoms with van der Waals surface area (Å²) in [4.78, 5) is 38.1. The Morgan fingerprint density at radius 2 is 1.96 bits per heavy atom. The third-order valence-corrected chi connectivity index (χ3v) is 4.92. The predicted molar refractivity (Wildman–Crippen MR) is 89.1 cm³/mol. The minimum Gasteiger partial charge on any atom is -0.352 e. The van der Waals surface area contributed by atoms with Crippen molar-refractivity contribution in [3.05, 3.63) is 35.4 Å². The van der Waals surface area contributed by atoms with Crippen LogP contribution < -0.4 is 10.6 Å². The van der Waals surface area contributed by atoms with Crippen molar-refractivity contribution in [2.24, 2.45) is 5.92 Å². The second-order valence-corrected chi connectivity index (χ2v) is 7.01. The molecule has 0 spiro atoms. The van der Waals surface area contributed by atoms with Crippen LogP contribution in [-0.2, 0) is 15.1 Å². The van der Waals surface area contributed by atoms with Crippen LogP contribution in [0.2, 0.25) is 0 Å². The second kappa shape index (κ2) is 5.92. The van der Waals surface area contributed by atoms with Crippen LogP contribution in [0.5, 0.6) is 0 Å². The lowest BCUT2D eigenvalue weighted by molar-refractivity contribution is -0.135. The Bertz CT molecular complexity index is 681. The molecule has 0 radical (unpaired) electrons. The van der Waals surface area contributed by atoms with Crippen molar-refractivity contribution < 1.29 is 14.4 Å². The van der Waals surface area contributed by atoms with Gasteiger partial charge in [-0.2, -0.15) is 0 Å². The highest BCUT2D eigenvalue weighted by Crippen LogP contribution is 2.32. The van der Waals surface area contributed by atoms with Crippen LogP contribution in [0, 0.1) is 12.8 Å². The van der Waals surface area contributed by atoms with Gasteiger partial charge >= 0.3 is 6.03 Å². The fourth-order valence-corrected chi connectivity index (χ4v) is 3.08. The molecule has 1 aromatic rings. The van der Waals surface area contributed by atoms with Gasteiger partial charge in [-0.1, -0.05) is 29.8 Å². The normalized spacial score (nSPS) is 24.7. The molecule has 1 saturated carbocycles. The molecule has 2 atom stereocenters. The van der Waals surface area contributed by atoms with Crippen LogP contribution in [0.1, 0.15) is 37.8 Å². The van der Waals surface area contributed by atoms with Crippen molar-refractivity contribution in [3.8, 4) is 0 Å². The molecule has 1 aliphatic carbocycles. The first-order valence-electron chi connectivity index (χ1n) is 8.32. The van der Waals surface area contributed by atoms with E-state index in [1.165, 1.54) is 0 Å². The van der Waals surface area contributed by atoms with E-state index in [4.69, 9.17) is 0 Å². The number of benzene rings is 1. The number of nitrogens with zero attached hydrogens (tertiary/aromatic N) is 1. The van der Waals surface area contributed by atoms with Crippen molar-refractivity contribution in [1.82, 2.24) is 15.5 Å². The number of urea groups is 1. The van der Waals surface area contributed by atoms with Gasteiger partial charge in [-0.25, -0.2) is 4.79 Å². The fraction of sp³-hybridized carbons (Fsp3) is 0.500. The van der Waals surface area contributed by atoms with E-state index in [9.17, 15) is 14.4 Å². The maximum absolute atomic E-state index is 12.8. The molecule has 2 fully saturated rings. The summed E-state index contributed by atoms with van der Waals surface area (Å²) in [6.07, 6.45) is 2.24. The van der Waals surface area contributed by atoms with Gasteiger partial charge < -0.3 is 10.6 Å². The van der Waals surface area contributed by atoms with E-state index in [-0.39, 0.29) is 18.5 Å². The standard InChI is InChI=1S/C18H23N3O3/c1-11-4-8-14(9-5-11)18(3)16(23)21(17(24)20-18)10-15(22)19-12(2)13-6-7-13/h4-5,8-9,12-13H,6-7,10H2,1-3H3,(H,19,22)(H,20,24)/t12-,18-/m0/s1. The van der Waals surface area contributed by atoms with Crippen molar-refractivity contribution in [2.45, 2.75) is 45.2 Å². The van der Waals surface area contributed by atoms with E-state index in [1.54, 1.807) is 6.92 Å². The van der Waals surface area contributed by atoms with E-state index in [0.29, 0.717) is 11.5 Å². The first-order valence-corrected chi connectivity index (χ1v) is 8.32. The monoisotopic (exact) mass is 329 g/mol. The number of nitrogens with one attached hydrogen (secondary N) is 2. The maximum Gasteiger partial charge on any atom is 0.325 e. The molecule has 0 unspecified atom stereocenters. The molecule has 4 amide bonds. The highest BCUT2D eigenvalue weighted by Gasteiger charge is 2.49. The summed E-state index contributed by atoms with van der Waals surface area (Å²) < 4.78 is 0. The van der Waals surface area contributed by atoms with Gasteiger partial charge in [0.15, 0.2) is 0 Å². The van der Waals surface area contributed by atoms with Crippen LogP contribution in [0.15, 0.2) is 24.3 Å². The number of aryl methyl sites for hydroxylation is 1. The minimum atomic E-state index is -1.13. The Labute approximate surface area is 141 Å². The Hall–Kier alpha value is -2.37. The molecule has 2 aliphatic rings. The highest BCUT2D eigenvalue weighted by atomic mass is 16.2. The van der Waals surface area contributed by atoms with E-state index in [1.807, 2.05) is 38.1 Å². The zero-order chi connectivity index (χ0) is 17.5. The summed E-state index contributed by atoms with van der Waals surface area (Å²) in [6, 6.07) is 7.00. The van der Waals surface area contributed by atoms with Crippen molar-refractivity contribution in [2.75, 3.05) is 6.54 Å². The molecule has 128 valence electrons. The third-order valence-electron chi connectivity index (χ3n) is 4.92. The lowest BCUT2D eigenvalue weighted by Crippen LogP contribution is -2.45. The summed E-state index contributed by atoms with van der Waals surface area (Å²) in [5.41, 5.74) is 0.651. The topological polar surface area (TPSA) is 78.5 Å². The molecule has 1 heterocycles. The Balaban J connectivity index is 1.71. The fourth-order valence-electron chi connectivity index (χ4n) is 3.08. The Morgan fingerprint density at radius 3 is 2.54 bits per heavy atom. The molecule has 1 aliphatic heterocycles. The lowest BCUT2D eigenvalue weighted by Gasteiger charge is -2.22. The van der Waals surface area contributed by atoms with Gasteiger partial charge in [-0.15, -0.1) is 0 Å². The predicted octanol–water partition coefficient (Wildman–Crippen LogP) is 1.68. The maximum atomic E-state index is 12.8. The minimum absolute atomic E-state index is 0.0850. The summed E-state index contributed by atoms with van der Waals surface area (Å²) in [5, 5.41) is 5.59. The number of carbonyl (C=O) groups is 3. The van der Waals surface area contributed by atoms with Crippen molar-refractivity contribution >= 4 is 17.8 Å². The number of hydrogen-bond donors (Lipinski definition) is 2. The molecule has 0 aromatic heterocycles. The zero-order valence-electron chi connectivity index (χ0n) is 14.3. The summed E-state index contributed by atoms with van der Waals surface area (Å²) in [7, 11) is 0. The van der Waals surface area contributed by atoms with Gasteiger partial charge in [0.1, 0.15) is 12.1 Å².